The van der Waals surface area contributed by atoms with Gasteiger partial charge in [0.15, 0.2) is 0 Å². The number of nitrogens with zero attached hydrogens (tertiary/aromatic N) is 2. The average molecular weight is 180 g/mol. The van der Waals surface area contributed by atoms with Crippen LogP contribution in [0.15, 0.2) is 12.3 Å². The van der Waals surface area contributed by atoms with E-state index in [1.165, 1.54) is 0 Å². The summed E-state index contributed by atoms with van der Waals surface area (Å²) in [6.07, 6.45) is 2.54. The SMILES string of the molecule is CCOC(=O)C1CCn2nccc21. The second-order valence-electron chi connectivity index (χ2n) is 3.07. The lowest BCUT2D eigenvalue weighted by Crippen LogP contribution is -2.13. The van der Waals surface area contributed by atoms with E-state index >= 15 is 0 Å². The Morgan fingerprint density at radius 3 is 3.46 bits per heavy atom. The zero-order valence-corrected chi connectivity index (χ0v) is 7.56. The van der Waals surface area contributed by atoms with Crippen molar-refractivity contribution in [3.8, 4) is 0 Å². The number of ether oxygens (including phenoxy) is 1. The summed E-state index contributed by atoms with van der Waals surface area (Å²) < 4.78 is 6.83. The van der Waals surface area contributed by atoms with Crippen LogP contribution in [0, 0.1) is 0 Å². The largest absolute Gasteiger partial charge is 0.465 e. The minimum atomic E-state index is -0.123. The Kier molecular flexibility index (Phi) is 2.04. The van der Waals surface area contributed by atoms with E-state index in [1.807, 2.05) is 17.7 Å². The number of hydrogen-bond donors (Lipinski definition) is 0. The van der Waals surface area contributed by atoms with Gasteiger partial charge in [-0.3, -0.25) is 9.48 Å². The van der Waals surface area contributed by atoms with Gasteiger partial charge in [0.1, 0.15) is 5.92 Å². The van der Waals surface area contributed by atoms with Gasteiger partial charge in [-0.2, -0.15) is 5.10 Å². The van der Waals surface area contributed by atoms with Crippen molar-refractivity contribution in [3.05, 3.63) is 18.0 Å². The number of aromatic nitrogens is 2. The maximum absolute atomic E-state index is 11.4. The van der Waals surface area contributed by atoms with Gasteiger partial charge in [0.25, 0.3) is 0 Å². The molecule has 1 aromatic heterocycles. The van der Waals surface area contributed by atoms with Gasteiger partial charge < -0.3 is 4.74 Å². The van der Waals surface area contributed by atoms with Crippen LogP contribution in [0.2, 0.25) is 0 Å². The normalized spacial score (nSPS) is 19.9. The second-order valence-corrected chi connectivity index (χ2v) is 3.07. The number of carbonyl (C=O) groups excluding carboxylic acids is 1. The second kappa shape index (κ2) is 3.20. The third-order valence-electron chi connectivity index (χ3n) is 2.31. The maximum atomic E-state index is 11.4. The van der Waals surface area contributed by atoms with Gasteiger partial charge in [-0.1, -0.05) is 0 Å². The molecular formula is C9H12N2O2. The molecule has 0 radical (unpaired) electrons. The van der Waals surface area contributed by atoms with Crippen molar-refractivity contribution in [2.24, 2.45) is 0 Å². The minimum absolute atomic E-state index is 0.0950. The third kappa shape index (κ3) is 1.32. The van der Waals surface area contributed by atoms with Crippen LogP contribution in [0.25, 0.3) is 0 Å². The molecule has 2 heterocycles. The van der Waals surface area contributed by atoms with Crippen LogP contribution >= 0.6 is 0 Å². The first kappa shape index (κ1) is 8.29. The van der Waals surface area contributed by atoms with Crippen molar-refractivity contribution in [1.29, 1.82) is 0 Å². The molecule has 0 spiro atoms. The summed E-state index contributed by atoms with van der Waals surface area (Å²) in [6, 6.07) is 1.88. The number of aryl methyl sites for hydroxylation is 1. The van der Waals surface area contributed by atoms with Crippen LogP contribution in [0.1, 0.15) is 25.0 Å². The Labute approximate surface area is 76.5 Å². The first-order valence-electron chi connectivity index (χ1n) is 4.51. The van der Waals surface area contributed by atoms with Crippen LogP contribution < -0.4 is 0 Å². The summed E-state index contributed by atoms with van der Waals surface area (Å²) in [5.41, 5.74) is 0.985. The van der Waals surface area contributed by atoms with E-state index in [9.17, 15) is 4.79 Å². The molecule has 0 saturated carbocycles. The molecule has 0 fully saturated rings. The van der Waals surface area contributed by atoms with E-state index in [1.54, 1.807) is 6.20 Å². The first-order chi connectivity index (χ1) is 6.33. The Bertz CT molecular complexity index is 319. The van der Waals surface area contributed by atoms with Crippen molar-refractivity contribution in [3.63, 3.8) is 0 Å². The predicted octanol–water partition coefficient (Wildman–Crippen LogP) is 0.934. The van der Waals surface area contributed by atoms with Gasteiger partial charge in [-0.15, -0.1) is 0 Å². The summed E-state index contributed by atoms with van der Waals surface area (Å²) in [4.78, 5) is 11.4. The molecule has 13 heavy (non-hydrogen) atoms. The fourth-order valence-electron chi connectivity index (χ4n) is 1.71. The fourth-order valence-corrected chi connectivity index (χ4v) is 1.71. The molecule has 0 N–H and O–H groups in total. The van der Waals surface area contributed by atoms with Gasteiger partial charge >= 0.3 is 5.97 Å². The summed E-state index contributed by atoms with van der Waals surface area (Å²) in [5, 5.41) is 4.10. The fraction of sp³-hybridized carbons (Fsp3) is 0.556. The van der Waals surface area contributed by atoms with Crippen LogP contribution in [-0.4, -0.2) is 22.4 Å². The number of hydrogen-bond acceptors (Lipinski definition) is 3. The molecule has 70 valence electrons. The summed E-state index contributed by atoms with van der Waals surface area (Å²) in [5.74, 6) is -0.218. The van der Waals surface area contributed by atoms with E-state index in [-0.39, 0.29) is 11.9 Å². The molecule has 0 saturated heterocycles. The average Bonchev–Trinajstić information content (AvgIpc) is 2.62. The molecule has 0 aliphatic carbocycles. The first-order valence-corrected chi connectivity index (χ1v) is 4.51. The smallest absolute Gasteiger partial charge is 0.315 e. The molecule has 0 bridgehead atoms. The highest BCUT2D eigenvalue weighted by atomic mass is 16.5. The van der Waals surface area contributed by atoms with Crippen molar-refractivity contribution >= 4 is 5.97 Å². The standard InChI is InChI=1S/C9H12N2O2/c1-2-13-9(12)7-4-6-11-8(7)3-5-10-11/h3,5,7H,2,4,6H2,1H3. The highest BCUT2D eigenvalue weighted by molar-refractivity contribution is 5.78. The maximum Gasteiger partial charge on any atom is 0.315 e. The molecule has 1 aromatic rings. The predicted molar refractivity (Wildman–Crippen MR) is 46.2 cm³/mol. The molecule has 0 amide bonds. The number of rotatable bonds is 2. The molecule has 0 aromatic carbocycles. The van der Waals surface area contributed by atoms with E-state index in [4.69, 9.17) is 4.74 Å². The number of fused-ring (bicyclic) bond motifs is 1. The molecule has 4 heteroatoms. The molecular weight excluding hydrogens is 168 g/mol. The molecule has 1 aliphatic heterocycles. The topological polar surface area (TPSA) is 44.1 Å². The summed E-state index contributed by atoms with van der Waals surface area (Å²) >= 11 is 0. The van der Waals surface area contributed by atoms with Crippen LogP contribution in [0.4, 0.5) is 0 Å². The Morgan fingerprint density at radius 2 is 2.69 bits per heavy atom. The van der Waals surface area contributed by atoms with Gasteiger partial charge in [-0.25, -0.2) is 0 Å². The van der Waals surface area contributed by atoms with Crippen molar-refractivity contribution in [1.82, 2.24) is 9.78 Å². The molecule has 1 unspecified atom stereocenters. The zero-order chi connectivity index (χ0) is 9.26. The van der Waals surface area contributed by atoms with Gasteiger partial charge in [0.2, 0.25) is 0 Å². The van der Waals surface area contributed by atoms with E-state index in [0.717, 1.165) is 18.7 Å². The summed E-state index contributed by atoms with van der Waals surface area (Å²) in [7, 11) is 0. The van der Waals surface area contributed by atoms with Crippen LogP contribution in [-0.2, 0) is 16.1 Å². The highest BCUT2D eigenvalue weighted by Crippen LogP contribution is 2.27. The van der Waals surface area contributed by atoms with Crippen molar-refractivity contribution < 1.29 is 9.53 Å². The van der Waals surface area contributed by atoms with Gasteiger partial charge in [-0.05, 0) is 19.4 Å². The Hall–Kier alpha value is -1.32. The van der Waals surface area contributed by atoms with Gasteiger partial charge in [0.05, 0.1) is 12.3 Å². The molecule has 4 nitrogen and oxygen atoms in total. The molecule has 1 aliphatic rings. The van der Waals surface area contributed by atoms with Crippen molar-refractivity contribution in [2.45, 2.75) is 25.8 Å². The summed E-state index contributed by atoms with van der Waals surface area (Å²) in [6.45, 7) is 3.10. The molecule has 1 atom stereocenters. The van der Waals surface area contributed by atoms with E-state index in [2.05, 4.69) is 5.10 Å². The third-order valence-corrected chi connectivity index (χ3v) is 2.31. The van der Waals surface area contributed by atoms with Crippen molar-refractivity contribution in [2.75, 3.05) is 6.61 Å². The lowest BCUT2D eigenvalue weighted by Gasteiger charge is -2.06. The molecule has 2 rings (SSSR count). The van der Waals surface area contributed by atoms with Crippen LogP contribution in [0.3, 0.4) is 0 Å². The Balaban J connectivity index is 2.16. The van der Waals surface area contributed by atoms with E-state index < -0.39 is 0 Å². The lowest BCUT2D eigenvalue weighted by molar-refractivity contribution is -0.144. The van der Waals surface area contributed by atoms with Crippen LogP contribution in [0.5, 0.6) is 0 Å². The minimum Gasteiger partial charge on any atom is -0.465 e. The van der Waals surface area contributed by atoms with E-state index in [0.29, 0.717) is 6.61 Å². The lowest BCUT2D eigenvalue weighted by atomic mass is 10.1. The Morgan fingerprint density at radius 1 is 1.85 bits per heavy atom. The quantitative estimate of drug-likeness (QED) is 0.636. The van der Waals surface area contributed by atoms with Gasteiger partial charge in [0, 0.05) is 12.7 Å². The highest BCUT2D eigenvalue weighted by Gasteiger charge is 2.30. The number of carbonyl (C=O) groups is 1. The number of esters is 1. The zero-order valence-electron chi connectivity index (χ0n) is 7.56. The monoisotopic (exact) mass is 180 g/mol.